The minimum Gasteiger partial charge on any atom is -0.352 e. The monoisotopic (exact) mass is 458 g/mol. The van der Waals surface area contributed by atoms with Gasteiger partial charge >= 0.3 is 0 Å². The molecule has 0 aliphatic carbocycles. The molecule has 0 saturated heterocycles. The van der Waals surface area contributed by atoms with Gasteiger partial charge in [-0.15, -0.1) is 0 Å². The molecule has 0 fully saturated rings. The van der Waals surface area contributed by atoms with Gasteiger partial charge in [-0.2, -0.15) is 0 Å². The summed E-state index contributed by atoms with van der Waals surface area (Å²) in [5, 5.41) is 2.67. The van der Waals surface area contributed by atoms with Crippen molar-refractivity contribution in [3.05, 3.63) is 90.5 Å². The van der Waals surface area contributed by atoms with E-state index in [1.54, 1.807) is 48.5 Å². The summed E-state index contributed by atoms with van der Waals surface area (Å²) in [7, 11) is -7.09. The first-order valence-corrected chi connectivity index (χ1v) is 12.7. The van der Waals surface area contributed by atoms with Crippen LogP contribution in [0, 0.1) is 0 Å². The third-order valence-electron chi connectivity index (χ3n) is 4.43. The summed E-state index contributed by atoms with van der Waals surface area (Å²) in [6.07, 6.45) is 0.276. The Bertz CT molecular complexity index is 1230. The summed E-state index contributed by atoms with van der Waals surface area (Å²) < 4.78 is 51.6. The lowest BCUT2D eigenvalue weighted by Gasteiger charge is -2.09. The Balaban J connectivity index is 1.51. The summed E-state index contributed by atoms with van der Waals surface area (Å²) in [5.41, 5.74) is 0.669. The molecule has 1 amide bonds. The zero-order chi connectivity index (χ0) is 22.3. The molecule has 0 saturated carbocycles. The third kappa shape index (κ3) is 6.16. The van der Waals surface area contributed by atoms with Crippen molar-refractivity contribution in [2.75, 3.05) is 17.0 Å². The van der Waals surface area contributed by atoms with E-state index in [1.807, 2.05) is 0 Å². The number of anilines is 1. The number of carbonyl (C=O) groups excluding carboxylic acids is 1. The molecule has 0 radical (unpaired) electrons. The van der Waals surface area contributed by atoms with Gasteiger partial charge in [0.05, 0.1) is 15.5 Å². The second-order valence-corrected chi connectivity index (χ2v) is 10.5. The van der Waals surface area contributed by atoms with E-state index in [2.05, 4.69) is 10.0 Å². The number of hydrogen-bond donors (Lipinski definition) is 2. The van der Waals surface area contributed by atoms with Crippen molar-refractivity contribution in [3.63, 3.8) is 0 Å². The standard InChI is InChI=1S/C22H22N2O5S2/c25-22(23-16-7-17-30(26,27)20-8-3-1-4-9-20)18-12-14-19(15-13-18)24-31(28,29)21-10-5-2-6-11-21/h1-6,8-15,24H,7,16-17H2,(H,23,25). The molecule has 0 bridgehead atoms. The van der Waals surface area contributed by atoms with Crippen LogP contribution >= 0.6 is 0 Å². The fourth-order valence-corrected chi connectivity index (χ4v) is 5.23. The molecule has 31 heavy (non-hydrogen) atoms. The first-order valence-electron chi connectivity index (χ1n) is 9.52. The van der Waals surface area contributed by atoms with Crippen molar-refractivity contribution in [2.24, 2.45) is 0 Å². The average molecular weight is 459 g/mol. The highest BCUT2D eigenvalue weighted by Gasteiger charge is 2.15. The maximum atomic E-state index is 12.3. The highest BCUT2D eigenvalue weighted by Crippen LogP contribution is 2.16. The van der Waals surface area contributed by atoms with Crippen LogP contribution in [0.5, 0.6) is 0 Å². The fourth-order valence-electron chi connectivity index (χ4n) is 2.82. The van der Waals surface area contributed by atoms with Crippen LogP contribution in [-0.2, 0) is 19.9 Å². The predicted molar refractivity (Wildman–Crippen MR) is 119 cm³/mol. The van der Waals surface area contributed by atoms with Gasteiger partial charge in [-0.3, -0.25) is 9.52 Å². The van der Waals surface area contributed by atoms with Crippen LogP contribution in [0.3, 0.4) is 0 Å². The molecule has 0 aliphatic heterocycles. The van der Waals surface area contributed by atoms with Crippen LogP contribution in [-0.4, -0.2) is 35.0 Å². The van der Waals surface area contributed by atoms with E-state index in [4.69, 9.17) is 0 Å². The van der Waals surface area contributed by atoms with Gasteiger partial charge in [0.15, 0.2) is 9.84 Å². The molecule has 0 unspecified atom stereocenters. The lowest BCUT2D eigenvalue weighted by molar-refractivity contribution is 0.0953. The van der Waals surface area contributed by atoms with Gasteiger partial charge in [0.1, 0.15) is 0 Å². The van der Waals surface area contributed by atoms with Crippen molar-refractivity contribution in [2.45, 2.75) is 16.2 Å². The SMILES string of the molecule is O=C(NCCCS(=O)(=O)c1ccccc1)c1ccc(NS(=O)(=O)c2ccccc2)cc1. The van der Waals surface area contributed by atoms with Crippen molar-refractivity contribution in [3.8, 4) is 0 Å². The smallest absolute Gasteiger partial charge is 0.261 e. The largest absolute Gasteiger partial charge is 0.352 e. The van der Waals surface area contributed by atoms with Gasteiger partial charge in [-0.05, 0) is 55.0 Å². The summed E-state index contributed by atoms with van der Waals surface area (Å²) >= 11 is 0. The number of sulfone groups is 1. The molecule has 3 rings (SSSR count). The second-order valence-electron chi connectivity index (χ2n) is 6.74. The maximum absolute atomic E-state index is 12.3. The van der Waals surface area contributed by atoms with E-state index in [0.29, 0.717) is 11.3 Å². The number of carbonyl (C=O) groups is 1. The highest BCUT2D eigenvalue weighted by molar-refractivity contribution is 7.92. The summed E-state index contributed by atoms with van der Waals surface area (Å²) in [6.45, 7) is 0.202. The van der Waals surface area contributed by atoms with Crippen molar-refractivity contribution in [1.82, 2.24) is 5.32 Å². The van der Waals surface area contributed by atoms with E-state index >= 15 is 0 Å². The summed E-state index contributed by atoms with van der Waals surface area (Å²) in [5.74, 6) is -0.438. The lowest BCUT2D eigenvalue weighted by Crippen LogP contribution is -2.26. The van der Waals surface area contributed by atoms with Crippen molar-refractivity contribution < 1.29 is 21.6 Å². The molecule has 0 spiro atoms. The molecule has 0 heterocycles. The van der Waals surface area contributed by atoms with Gasteiger partial charge in [-0.1, -0.05) is 36.4 Å². The molecule has 162 valence electrons. The molecule has 0 aromatic heterocycles. The van der Waals surface area contributed by atoms with Crippen LogP contribution in [0.4, 0.5) is 5.69 Å². The minimum absolute atomic E-state index is 0.0719. The first kappa shape index (κ1) is 22.5. The van der Waals surface area contributed by atoms with Crippen LogP contribution in [0.15, 0.2) is 94.7 Å². The Labute approximate surface area is 182 Å². The van der Waals surface area contributed by atoms with Crippen molar-refractivity contribution >= 4 is 31.5 Å². The second kappa shape index (κ2) is 9.76. The molecule has 0 atom stereocenters. The number of amides is 1. The molecular formula is C22H22N2O5S2. The number of hydrogen-bond acceptors (Lipinski definition) is 5. The van der Waals surface area contributed by atoms with Crippen LogP contribution < -0.4 is 10.0 Å². The Hall–Kier alpha value is -3.17. The third-order valence-corrected chi connectivity index (χ3v) is 7.64. The zero-order valence-corrected chi connectivity index (χ0v) is 18.2. The molecule has 3 aromatic carbocycles. The Morgan fingerprint density at radius 3 is 1.84 bits per heavy atom. The Kier molecular flexibility index (Phi) is 7.09. The fraction of sp³-hybridized carbons (Fsp3) is 0.136. The predicted octanol–water partition coefficient (Wildman–Crippen LogP) is 3.08. The van der Waals surface area contributed by atoms with Gasteiger partial charge in [0, 0.05) is 17.8 Å². The molecule has 9 heteroatoms. The van der Waals surface area contributed by atoms with Crippen LogP contribution in [0.2, 0.25) is 0 Å². The molecule has 2 N–H and O–H groups in total. The molecule has 3 aromatic rings. The van der Waals surface area contributed by atoms with Gasteiger partial charge in [-0.25, -0.2) is 16.8 Å². The van der Waals surface area contributed by atoms with E-state index < -0.39 is 19.9 Å². The number of nitrogens with one attached hydrogen (secondary N) is 2. The number of rotatable bonds is 9. The van der Waals surface area contributed by atoms with E-state index in [0.717, 1.165) is 0 Å². The molecule has 0 aliphatic rings. The minimum atomic E-state index is -3.71. The number of benzene rings is 3. The van der Waals surface area contributed by atoms with E-state index in [-0.39, 0.29) is 34.4 Å². The Morgan fingerprint density at radius 2 is 1.26 bits per heavy atom. The first-order chi connectivity index (χ1) is 14.8. The van der Waals surface area contributed by atoms with E-state index in [1.165, 1.54) is 36.4 Å². The normalized spacial score (nSPS) is 11.6. The van der Waals surface area contributed by atoms with Crippen molar-refractivity contribution in [1.29, 1.82) is 0 Å². The average Bonchev–Trinajstić information content (AvgIpc) is 2.78. The quantitative estimate of drug-likeness (QED) is 0.479. The molecular weight excluding hydrogens is 436 g/mol. The van der Waals surface area contributed by atoms with Gasteiger partial charge in [0.2, 0.25) is 0 Å². The zero-order valence-electron chi connectivity index (χ0n) is 16.6. The van der Waals surface area contributed by atoms with Crippen LogP contribution in [0.25, 0.3) is 0 Å². The molecule has 7 nitrogen and oxygen atoms in total. The maximum Gasteiger partial charge on any atom is 0.261 e. The van der Waals surface area contributed by atoms with Gasteiger partial charge in [0.25, 0.3) is 15.9 Å². The van der Waals surface area contributed by atoms with Gasteiger partial charge < -0.3 is 5.32 Å². The van der Waals surface area contributed by atoms with Crippen LogP contribution in [0.1, 0.15) is 16.8 Å². The van der Waals surface area contributed by atoms with E-state index in [9.17, 15) is 21.6 Å². The summed E-state index contributed by atoms with van der Waals surface area (Å²) in [4.78, 5) is 12.7. The lowest BCUT2D eigenvalue weighted by atomic mass is 10.2. The Morgan fingerprint density at radius 1 is 0.710 bits per heavy atom. The summed E-state index contributed by atoms with van der Waals surface area (Å²) in [6, 6.07) is 22.1. The highest BCUT2D eigenvalue weighted by atomic mass is 32.2. The number of sulfonamides is 1. The topological polar surface area (TPSA) is 109 Å².